The van der Waals surface area contributed by atoms with Crippen molar-refractivity contribution in [3.63, 3.8) is 0 Å². The summed E-state index contributed by atoms with van der Waals surface area (Å²) < 4.78 is 60.5. The van der Waals surface area contributed by atoms with Crippen LogP contribution in [0.1, 0.15) is 38.4 Å². The predicted molar refractivity (Wildman–Crippen MR) is 171 cm³/mol. The molecule has 9 nitrogen and oxygen atoms in total. The lowest BCUT2D eigenvalue weighted by Crippen LogP contribution is -2.10. The average Bonchev–Trinajstić information content (AvgIpc) is 3.37. The van der Waals surface area contributed by atoms with E-state index < -0.39 is 17.6 Å². The van der Waals surface area contributed by atoms with Gasteiger partial charge in [-0.15, -0.1) is 0 Å². The third-order valence-electron chi connectivity index (χ3n) is 8.04. The van der Waals surface area contributed by atoms with Crippen molar-refractivity contribution in [2.24, 2.45) is 7.05 Å². The Morgan fingerprint density at radius 1 is 1.00 bits per heavy atom. The van der Waals surface area contributed by atoms with E-state index in [0.717, 1.165) is 5.56 Å². The highest BCUT2D eigenvalue weighted by Crippen LogP contribution is 2.32. The minimum absolute atomic E-state index is 0.0697. The van der Waals surface area contributed by atoms with Gasteiger partial charge in [0.25, 0.3) is 0 Å². The van der Waals surface area contributed by atoms with Crippen LogP contribution in [-0.4, -0.2) is 54.5 Å². The van der Waals surface area contributed by atoms with Gasteiger partial charge in [-0.1, -0.05) is 17.7 Å². The Morgan fingerprint density at radius 2 is 1.85 bits per heavy atom. The fourth-order valence-corrected chi connectivity index (χ4v) is 5.79. The number of imidazole rings is 1. The highest BCUT2D eigenvalue weighted by Gasteiger charge is 2.21. The van der Waals surface area contributed by atoms with Crippen molar-refractivity contribution in [1.82, 2.24) is 14.5 Å². The number of hydrogen-bond donors (Lipinski definition) is 0. The number of hydrogen-bond acceptors (Lipinski definition) is 8. The first-order valence-corrected chi connectivity index (χ1v) is 15.3. The maximum Gasteiger partial charge on any atom is 0.338 e. The van der Waals surface area contributed by atoms with E-state index in [0.29, 0.717) is 63.6 Å². The lowest BCUT2D eigenvalue weighted by molar-refractivity contribution is 0.0600. The molecule has 0 unspecified atom stereocenters. The molecule has 2 aromatic heterocycles. The first-order chi connectivity index (χ1) is 22.7. The number of ether oxygens (including phenoxy) is 5. The standard InChI is InChI=1S/C35H32ClF2N3O6/c1-41-30-14-22(35(42)44-3)15-31(46-10-9-43-2)34(30)40-32(41)16-21-13-27(37)25-12-23(21)18-45-8-7-20-11-24(36)17-28(38)26(20)19-47-33-6-4-5-29(25)39-33/h4-6,11-15,17H,7-10,16,18-19H2,1-3H3. The van der Waals surface area contributed by atoms with Crippen LogP contribution >= 0.6 is 11.6 Å². The summed E-state index contributed by atoms with van der Waals surface area (Å²) in [6.45, 7) is 0.932. The minimum atomic E-state index is -0.515. The van der Waals surface area contributed by atoms with E-state index in [1.807, 2.05) is 11.6 Å². The molecule has 4 bridgehead atoms. The van der Waals surface area contributed by atoms with Crippen LogP contribution in [0.4, 0.5) is 8.78 Å². The molecule has 0 amide bonds. The molecular formula is C35H32ClF2N3O6. The van der Waals surface area contributed by atoms with Gasteiger partial charge < -0.3 is 28.3 Å². The summed E-state index contributed by atoms with van der Waals surface area (Å²) in [5, 5.41) is 0.279. The molecule has 0 saturated heterocycles. The number of aryl methyl sites for hydroxylation is 1. The second-order valence-electron chi connectivity index (χ2n) is 11.0. The third-order valence-corrected chi connectivity index (χ3v) is 8.26. The number of benzene rings is 3. The fourth-order valence-electron chi connectivity index (χ4n) is 5.56. The molecular weight excluding hydrogens is 632 g/mol. The highest BCUT2D eigenvalue weighted by atomic mass is 35.5. The number of methoxy groups -OCH3 is 2. The van der Waals surface area contributed by atoms with Crippen LogP contribution < -0.4 is 9.47 Å². The topological polar surface area (TPSA) is 93.9 Å². The van der Waals surface area contributed by atoms with E-state index in [4.69, 9.17) is 40.3 Å². The smallest absolute Gasteiger partial charge is 0.338 e. The third kappa shape index (κ3) is 6.92. The maximum atomic E-state index is 15.9. The lowest BCUT2D eigenvalue weighted by atomic mass is 9.99. The second-order valence-corrected chi connectivity index (χ2v) is 11.5. The first-order valence-electron chi connectivity index (χ1n) is 14.9. The van der Waals surface area contributed by atoms with E-state index in [1.54, 1.807) is 49.6 Å². The summed E-state index contributed by atoms with van der Waals surface area (Å²) in [5.74, 6) is -0.244. The lowest BCUT2D eigenvalue weighted by Gasteiger charge is -2.17. The van der Waals surface area contributed by atoms with E-state index in [1.165, 1.54) is 19.2 Å². The molecule has 0 spiro atoms. The summed E-state index contributed by atoms with van der Waals surface area (Å²) in [6.07, 6.45) is 0.624. The van der Waals surface area contributed by atoms with Gasteiger partial charge in [0.2, 0.25) is 5.88 Å². The zero-order valence-electron chi connectivity index (χ0n) is 26.1. The van der Waals surface area contributed by atoms with Crippen molar-refractivity contribution in [3.8, 4) is 22.9 Å². The van der Waals surface area contributed by atoms with Gasteiger partial charge in [-0.3, -0.25) is 0 Å². The van der Waals surface area contributed by atoms with Crippen LogP contribution in [0.2, 0.25) is 5.02 Å². The van der Waals surface area contributed by atoms with Gasteiger partial charge in [0.1, 0.15) is 41.9 Å². The Balaban J connectivity index is 1.39. The van der Waals surface area contributed by atoms with Crippen LogP contribution in [0.5, 0.6) is 11.6 Å². The Hall–Kier alpha value is -4.58. The van der Waals surface area contributed by atoms with Gasteiger partial charge >= 0.3 is 5.97 Å². The first kappa shape index (κ1) is 32.4. The van der Waals surface area contributed by atoms with Gasteiger partial charge in [0.15, 0.2) is 0 Å². The van der Waals surface area contributed by atoms with E-state index in [2.05, 4.69) is 4.98 Å². The van der Waals surface area contributed by atoms with Gasteiger partial charge in [-0.2, -0.15) is 0 Å². The molecule has 0 aliphatic carbocycles. The number of aromatic nitrogens is 3. The van der Waals surface area contributed by atoms with Gasteiger partial charge in [-0.25, -0.2) is 23.5 Å². The summed E-state index contributed by atoms with van der Waals surface area (Å²) in [4.78, 5) is 21.8. The Morgan fingerprint density at radius 3 is 2.66 bits per heavy atom. The zero-order chi connectivity index (χ0) is 33.1. The van der Waals surface area contributed by atoms with Crippen molar-refractivity contribution in [2.75, 3.05) is 34.0 Å². The van der Waals surface area contributed by atoms with Crippen LogP contribution in [-0.2, 0) is 47.3 Å². The number of carbonyl (C=O) groups excluding carboxylic acids is 1. The molecule has 244 valence electrons. The summed E-state index contributed by atoms with van der Waals surface area (Å²) in [7, 11) is 4.70. The van der Waals surface area contributed by atoms with Crippen LogP contribution in [0, 0.1) is 11.6 Å². The molecule has 5 aromatic rings. The highest BCUT2D eigenvalue weighted by molar-refractivity contribution is 6.30. The van der Waals surface area contributed by atoms with E-state index in [-0.39, 0.29) is 49.3 Å². The normalized spacial score (nSPS) is 13.1. The molecule has 6 rings (SSSR count). The van der Waals surface area contributed by atoms with E-state index in [9.17, 15) is 9.18 Å². The molecule has 0 atom stereocenters. The van der Waals surface area contributed by atoms with Crippen LogP contribution in [0.3, 0.4) is 0 Å². The van der Waals surface area contributed by atoms with Crippen molar-refractivity contribution >= 4 is 28.6 Å². The van der Waals surface area contributed by atoms with Gasteiger partial charge in [-0.05, 0) is 65.6 Å². The Labute approximate surface area is 275 Å². The Bertz CT molecular complexity index is 1960. The molecule has 1 aliphatic heterocycles. The summed E-state index contributed by atoms with van der Waals surface area (Å²) in [6, 6.07) is 14.5. The van der Waals surface area contributed by atoms with Crippen LogP contribution in [0.15, 0.2) is 54.6 Å². The predicted octanol–water partition coefficient (Wildman–Crippen LogP) is 6.62. The van der Waals surface area contributed by atoms with Crippen LogP contribution in [0.25, 0.3) is 22.3 Å². The molecule has 12 heteroatoms. The number of nitrogens with zero attached hydrogens (tertiary/aromatic N) is 3. The fraction of sp³-hybridized carbons (Fsp3) is 0.286. The number of fused-ring (bicyclic) bond motifs is 7. The molecule has 0 fully saturated rings. The molecule has 1 aliphatic rings. The summed E-state index contributed by atoms with van der Waals surface area (Å²) in [5.41, 5.74) is 4.52. The molecule has 3 aromatic carbocycles. The number of rotatable bonds is 7. The molecule has 3 heterocycles. The SMILES string of the molecule is COCCOc1cc(C(=O)OC)cc2c1nc(Cc1cc(F)c3cc1COCCc1cc(Cl)cc(F)c1COc1cccc-3n1)n2C. The van der Waals surface area contributed by atoms with Crippen molar-refractivity contribution < 1.29 is 37.3 Å². The second kappa shape index (κ2) is 14.0. The summed E-state index contributed by atoms with van der Waals surface area (Å²) >= 11 is 6.17. The molecule has 47 heavy (non-hydrogen) atoms. The van der Waals surface area contributed by atoms with E-state index >= 15 is 4.39 Å². The number of halogens is 3. The number of esters is 1. The van der Waals surface area contributed by atoms with Gasteiger partial charge in [0, 0.05) is 42.8 Å². The maximum absolute atomic E-state index is 15.9. The van der Waals surface area contributed by atoms with Crippen molar-refractivity contribution in [1.29, 1.82) is 0 Å². The molecule has 0 radical (unpaired) electrons. The zero-order valence-corrected chi connectivity index (χ0v) is 26.8. The average molecular weight is 664 g/mol. The molecule has 0 saturated carbocycles. The number of carbonyl (C=O) groups is 1. The number of pyridine rings is 1. The quantitative estimate of drug-likeness (QED) is 0.142. The Kier molecular flexibility index (Phi) is 9.67. The molecule has 0 N–H and O–H groups in total. The van der Waals surface area contributed by atoms with Gasteiger partial charge in [0.05, 0.1) is 43.7 Å². The monoisotopic (exact) mass is 663 g/mol. The van der Waals surface area contributed by atoms with Crippen molar-refractivity contribution in [2.45, 2.75) is 26.1 Å². The largest absolute Gasteiger partial charge is 0.489 e. The van der Waals surface area contributed by atoms with Crippen molar-refractivity contribution in [3.05, 3.63) is 105 Å². The minimum Gasteiger partial charge on any atom is -0.489 e.